The Morgan fingerprint density at radius 1 is 1.20 bits per heavy atom. The lowest BCUT2D eigenvalue weighted by Crippen LogP contribution is -2.54. The Morgan fingerprint density at radius 3 is 2.73 bits per heavy atom. The summed E-state index contributed by atoms with van der Waals surface area (Å²) in [6.45, 7) is 5.26. The highest BCUT2D eigenvalue weighted by Crippen LogP contribution is 2.60. The first kappa shape index (κ1) is 21.4. The molecule has 5 atom stereocenters. The van der Waals surface area contributed by atoms with Crippen LogP contribution in [0.25, 0.3) is 0 Å². The maximum Gasteiger partial charge on any atom is 0.311 e. The van der Waals surface area contributed by atoms with Crippen molar-refractivity contribution in [3.05, 3.63) is 24.3 Å². The molecule has 4 heterocycles. The minimum absolute atomic E-state index is 0.0180. The molecular weight excluding hydrogens is 404 g/mol. The number of ether oxygens (including phenoxy) is 1. The van der Waals surface area contributed by atoms with Crippen molar-refractivity contribution in [2.24, 2.45) is 11.8 Å². The molecule has 2 amide bonds. The fraction of sp³-hybridized carbons (Fsp3) is 0.682. The topological polar surface area (TPSA) is 87.2 Å². The van der Waals surface area contributed by atoms with Gasteiger partial charge in [0.1, 0.15) is 12.6 Å². The average Bonchev–Trinajstić information content (AvgIpc) is 2.99. The van der Waals surface area contributed by atoms with E-state index in [2.05, 4.69) is 0 Å². The molecule has 1 unspecified atom stereocenters. The van der Waals surface area contributed by atoms with Gasteiger partial charge in [-0.05, 0) is 33.1 Å². The fourth-order valence-corrected chi connectivity index (χ4v) is 7.26. The number of unbranched alkanes of at least 4 members (excludes halogenated alkanes) is 2. The fourth-order valence-electron chi connectivity index (χ4n) is 5.26. The standard InChI is InChI=1S/C22H30N2O5S/c1-14(2)23-11-7-9-22-17(16-15(30-22)8-6-13-29-21(16)28)19(26)24(18(22)20(23)27)10-4-3-5-12-25/h6-9,14-18,25H,3-5,10-13H2,1-2H3/t15-,16+,17+,18?,22+/m1/s1. The van der Waals surface area contributed by atoms with Gasteiger partial charge in [0.2, 0.25) is 11.8 Å². The molecule has 7 nitrogen and oxygen atoms in total. The first-order valence-corrected chi connectivity index (χ1v) is 11.7. The van der Waals surface area contributed by atoms with Gasteiger partial charge in [0.15, 0.2) is 0 Å². The maximum atomic E-state index is 13.7. The van der Waals surface area contributed by atoms with Gasteiger partial charge in [-0.2, -0.15) is 0 Å². The Kier molecular flexibility index (Phi) is 5.99. The average molecular weight is 435 g/mol. The molecule has 0 aromatic carbocycles. The third-order valence-corrected chi connectivity index (χ3v) is 8.37. The largest absolute Gasteiger partial charge is 0.461 e. The molecule has 4 aliphatic heterocycles. The molecule has 1 spiro atoms. The lowest BCUT2D eigenvalue weighted by molar-refractivity contribution is -0.151. The summed E-state index contributed by atoms with van der Waals surface area (Å²) in [5.41, 5.74) is 0. The SMILES string of the molecule is CC(C)N1CC=C[C@]23S[C@@H]4C=CCOC(=O)[C@@H]4[C@H]2C(=O)N(CCCCCO)C3C1=O. The summed E-state index contributed by atoms with van der Waals surface area (Å²) in [5.74, 6) is -1.69. The zero-order valence-electron chi connectivity index (χ0n) is 17.5. The summed E-state index contributed by atoms with van der Waals surface area (Å²) in [4.78, 5) is 43.7. The normalized spacial score (nSPS) is 35.3. The van der Waals surface area contributed by atoms with E-state index in [9.17, 15) is 14.4 Å². The van der Waals surface area contributed by atoms with Gasteiger partial charge in [-0.15, -0.1) is 11.8 Å². The molecule has 4 rings (SSSR count). The molecule has 1 N–H and O–H groups in total. The predicted octanol–water partition coefficient (Wildman–Crippen LogP) is 1.37. The highest BCUT2D eigenvalue weighted by molar-refractivity contribution is 8.02. The second kappa shape index (κ2) is 8.38. The Hall–Kier alpha value is -1.80. The van der Waals surface area contributed by atoms with E-state index in [1.54, 1.807) is 16.7 Å². The van der Waals surface area contributed by atoms with Crippen LogP contribution in [0.4, 0.5) is 0 Å². The van der Waals surface area contributed by atoms with Crippen molar-refractivity contribution >= 4 is 29.5 Å². The molecule has 2 saturated heterocycles. The highest BCUT2D eigenvalue weighted by Gasteiger charge is 2.71. The molecule has 0 aromatic heterocycles. The quantitative estimate of drug-likeness (QED) is 0.386. The Balaban J connectivity index is 1.75. The van der Waals surface area contributed by atoms with Crippen LogP contribution in [-0.2, 0) is 19.1 Å². The van der Waals surface area contributed by atoms with Crippen molar-refractivity contribution < 1.29 is 24.2 Å². The number of esters is 1. The number of carbonyl (C=O) groups is 3. The van der Waals surface area contributed by atoms with Gasteiger partial charge in [-0.25, -0.2) is 0 Å². The smallest absolute Gasteiger partial charge is 0.311 e. The van der Waals surface area contributed by atoms with Crippen molar-refractivity contribution in [1.29, 1.82) is 0 Å². The van der Waals surface area contributed by atoms with Gasteiger partial charge < -0.3 is 19.6 Å². The monoisotopic (exact) mass is 434 g/mol. The number of aliphatic hydroxyl groups excluding tert-OH is 1. The third-order valence-electron chi connectivity index (χ3n) is 6.63. The van der Waals surface area contributed by atoms with Crippen LogP contribution in [0.1, 0.15) is 33.1 Å². The number of rotatable bonds is 6. The Morgan fingerprint density at radius 2 is 2.00 bits per heavy atom. The molecule has 0 radical (unpaired) electrons. The summed E-state index contributed by atoms with van der Waals surface area (Å²) in [6.07, 6.45) is 9.98. The predicted molar refractivity (Wildman–Crippen MR) is 114 cm³/mol. The van der Waals surface area contributed by atoms with Crippen molar-refractivity contribution in [2.45, 2.75) is 55.2 Å². The van der Waals surface area contributed by atoms with Crippen LogP contribution >= 0.6 is 11.8 Å². The number of fused-ring (bicyclic) bond motifs is 2. The summed E-state index contributed by atoms with van der Waals surface area (Å²) >= 11 is 1.57. The van der Waals surface area contributed by atoms with Crippen molar-refractivity contribution in [3.8, 4) is 0 Å². The van der Waals surface area contributed by atoms with Crippen LogP contribution in [-0.4, -0.2) is 81.1 Å². The van der Waals surface area contributed by atoms with Crippen LogP contribution in [0.2, 0.25) is 0 Å². The molecule has 8 heteroatoms. The van der Waals surface area contributed by atoms with Crippen molar-refractivity contribution in [1.82, 2.24) is 9.80 Å². The number of likely N-dealkylation sites (tertiary alicyclic amines) is 1. The zero-order chi connectivity index (χ0) is 21.5. The number of nitrogens with zero attached hydrogens (tertiary/aromatic N) is 2. The number of amides is 2. The minimum atomic E-state index is -0.759. The molecule has 0 aromatic rings. The van der Waals surface area contributed by atoms with E-state index in [1.165, 1.54) is 0 Å². The number of carbonyl (C=O) groups excluding carboxylic acids is 3. The maximum absolute atomic E-state index is 13.7. The summed E-state index contributed by atoms with van der Waals surface area (Å²) < 4.78 is 4.60. The molecule has 0 bridgehead atoms. The summed E-state index contributed by atoms with van der Waals surface area (Å²) in [7, 11) is 0. The van der Waals surface area contributed by atoms with Gasteiger partial charge in [0.05, 0.1) is 16.6 Å². The van der Waals surface area contributed by atoms with Gasteiger partial charge in [0.25, 0.3) is 0 Å². The molecule has 30 heavy (non-hydrogen) atoms. The zero-order valence-corrected chi connectivity index (χ0v) is 18.3. The number of aliphatic hydroxyl groups is 1. The van der Waals surface area contributed by atoms with Crippen LogP contribution in [0.5, 0.6) is 0 Å². The Labute approximate surface area is 181 Å². The summed E-state index contributed by atoms with van der Waals surface area (Å²) in [6, 6.07) is -0.604. The van der Waals surface area contributed by atoms with Crippen molar-refractivity contribution in [2.75, 3.05) is 26.3 Å². The number of cyclic esters (lactones) is 1. The van der Waals surface area contributed by atoms with Gasteiger partial charge in [0, 0.05) is 31.0 Å². The second-order valence-corrected chi connectivity index (χ2v) is 10.2. The molecule has 0 saturated carbocycles. The van der Waals surface area contributed by atoms with Gasteiger partial charge in [-0.1, -0.05) is 24.3 Å². The van der Waals surface area contributed by atoms with Crippen LogP contribution in [0.15, 0.2) is 24.3 Å². The number of hydrogen-bond acceptors (Lipinski definition) is 6. The first-order valence-electron chi connectivity index (χ1n) is 10.8. The van der Waals surface area contributed by atoms with E-state index in [0.29, 0.717) is 25.9 Å². The second-order valence-electron chi connectivity index (χ2n) is 8.70. The number of hydrogen-bond donors (Lipinski definition) is 1. The van der Waals surface area contributed by atoms with Crippen LogP contribution < -0.4 is 0 Å². The third kappa shape index (κ3) is 3.28. The number of thioether (sulfide) groups is 1. The van der Waals surface area contributed by atoms with Crippen molar-refractivity contribution in [3.63, 3.8) is 0 Å². The van der Waals surface area contributed by atoms with Crippen LogP contribution in [0, 0.1) is 11.8 Å². The van der Waals surface area contributed by atoms with E-state index in [1.807, 2.05) is 43.1 Å². The molecule has 0 aliphatic carbocycles. The van der Waals surface area contributed by atoms with Crippen LogP contribution in [0.3, 0.4) is 0 Å². The Bertz CT molecular complexity index is 781. The van der Waals surface area contributed by atoms with E-state index in [-0.39, 0.29) is 42.3 Å². The molecule has 164 valence electrons. The van der Waals surface area contributed by atoms with Gasteiger partial charge >= 0.3 is 5.97 Å². The molecular formula is C22H30N2O5S. The van der Waals surface area contributed by atoms with E-state index < -0.39 is 22.6 Å². The highest BCUT2D eigenvalue weighted by atomic mass is 32.2. The van der Waals surface area contributed by atoms with E-state index >= 15 is 0 Å². The van der Waals surface area contributed by atoms with E-state index in [4.69, 9.17) is 9.84 Å². The summed E-state index contributed by atoms with van der Waals surface area (Å²) in [5, 5.41) is 8.91. The molecule has 4 aliphatic rings. The van der Waals surface area contributed by atoms with E-state index in [0.717, 1.165) is 6.42 Å². The lowest BCUT2D eigenvalue weighted by atomic mass is 9.78. The van der Waals surface area contributed by atoms with Gasteiger partial charge in [-0.3, -0.25) is 14.4 Å². The minimum Gasteiger partial charge on any atom is -0.461 e. The lowest BCUT2D eigenvalue weighted by Gasteiger charge is -2.36. The first-order chi connectivity index (χ1) is 14.4. The molecule has 2 fully saturated rings.